The molecule has 39 heavy (non-hydrogen) atoms. The molecule has 1 aromatic carbocycles. The van der Waals surface area contributed by atoms with Gasteiger partial charge in [0.2, 0.25) is 5.88 Å². The zero-order valence-corrected chi connectivity index (χ0v) is 25.0. The van der Waals surface area contributed by atoms with Gasteiger partial charge >= 0.3 is 35.7 Å². The Hall–Kier alpha value is -1.81. The average molecular weight is 555 g/mol. The summed E-state index contributed by atoms with van der Waals surface area (Å²) in [6, 6.07) is 7.85. The summed E-state index contributed by atoms with van der Waals surface area (Å²) in [6.45, 7) is 4.64. The molecule has 1 aliphatic carbocycles. The number of hydrogen-bond donors (Lipinski definition) is 0. The van der Waals surface area contributed by atoms with E-state index in [9.17, 15) is 23.1 Å². The third-order valence-corrected chi connectivity index (χ3v) is 8.76. The Labute approximate surface area is 249 Å². The number of carboxylic acid groups (broad SMARTS) is 1. The zero-order chi connectivity index (χ0) is 27.2. The van der Waals surface area contributed by atoms with Gasteiger partial charge in [0.1, 0.15) is 11.4 Å². The van der Waals surface area contributed by atoms with Crippen LogP contribution in [0.2, 0.25) is 0 Å². The number of carbonyl (C=O) groups is 1. The molecular weight excluding hydrogens is 520 g/mol. The Bertz CT molecular complexity index is 1200. The Balaban J connectivity index is 0.00000353. The van der Waals surface area contributed by atoms with Crippen molar-refractivity contribution in [3.8, 4) is 11.6 Å². The molecule has 10 heteroatoms. The van der Waals surface area contributed by atoms with E-state index >= 15 is 0 Å². The first-order valence-electron chi connectivity index (χ1n) is 13.4. The predicted molar refractivity (Wildman–Crippen MR) is 133 cm³/mol. The number of aryl methyl sites for hydroxylation is 1. The van der Waals surface area contributed by atoms with Gasteiger partial charge in [-0.2, -0.15) is 13.2 Å². The van der Waals surface area contributed by atoms with Crippen molar-refractivity contribution in [2.75, 3.05) is 20.2 Å². The van der Waals surface area contributed by atoms with Crippen molar-refractivity contribution in [3.05, 3.63) is 52.7 Å². The molecule has 1 spiro atoms. The fourth-order valence-corrected chi connectivity index (χ4v) is 6.27. The van der Waals surface area contributed by atoms with Crippen LogP contribution < -0.4 is 44.1 Å². The number of aliphatic carboxylic acids is 1. The first kappa shape index (κ1) is 30.2. The predicted octanol–water partition coefficient (Wildman–Crippen LogP) is 1.91. The molecule has 2 fully saturated rings. The summed E-state index contributed by atoms with van der Waals surface area (Å²) in [5.74, 6) is -0.371. The number of piperidine rings is 1. The number of aromatic nitrogens is 1. The molecule has 0 radical (unpaired) electrons. The van der Waals surface area contributed by atoms with E-state index in [1.807, 2.05) is 17.0 Å². The Morgan fingerprint density at radius 2 is 1.85 bits per heavy atom. The number of carbonyl (C=O) groups excluding carboxylic acids is 1. The van der Waals surface area contributed by atoms with Gasteiger partial charge in [-0.25, -0.2) is 4.98 Å². The molecule has 3 atom stereocenters. The van der Waals surface area contributed by atoms with Gasteiger partial charge in [-0.1, -0.05) is 19.1 Å². The van der Waals surface area contributed by atoms with Crippen molar-refractivity contribution in [2.45, 2.75) is 76.1 Å². The number of alkyl halides is 3. The molecular formula is C29H34F3N2NaO4. The number of ether oxygens (including phenoxy) is 2. The van der Waals surface area contributed by atoms with E-state index in [1.165, 1.54) is 13.2 Å². The molecule has 206 valence electrons. The molecule has 1 unspecified atom stereocenters. The number of fused-ring (bicyclic) bond motifs is 1. The van der Waals surface area contributed by atoms with Crippen LogP contribution in [0.25, 0.3) is 0 Å². The summed E-state index contributed by atoms with van der Waals surface area (Å²) < 4.78 is 52.9. The standard InChI is InChI=1S/C29H35F3N2O4.Na/c1-17(27(35)36)25(20-5-6-20)21-7-4-19-10-11-28(38-23(19)16-21)12-14-34(15-13-28)18(2)26-22(29(30,31)32)8-9-24(33-26)37-3;/h4,7-9,16-18,20,25H,5-6,10-15H2,1-3H3,(H,35,36);/q;+1/p-1/t17-,18?,25-;/m0./s1. The van der Waals surface area contributed by atoms with Gasteiger partial charge in [-0.05, 0) is 80.5 Å². The average Bonchev–Trinajstić information content (AvgIpc) is 3.73. The van der Waals surface area contributed by atoms with E-state index in [-0.39, 0.29) is 52.7 Å². The number of nitrogens with zero attached hydrogens (tertiary/aromatic N) is 2. The van der Waals surface area contributed by atoms with Crippen molar-refractivity contribution in [3.63, 3.8) is 0 Å². The van der Waals surface area contributed by atoms with Gasteiger partial charge in [-0.3, -0.25) is 4.90 Å². The maximum atomic E-state index is 13.7. The molecule has 3 heterocycles. The fourth-order valence-electron chi connectivity index (χ4n) is 6.27. The molecule has 2 aliphatic heterocycles. The number of hydrogen-bond acceptors (Lipinski definition) is 6. The first-order valence-corrected chi connectivity index (χ1v) is 13.4. The number of rotatable bonds is 7. The van der Waals surface area contributed by atoms with E-state index in [2.05, 4.69) is 11.1 Å². The van der Waals surface area contributed by atoms with E-state index in [0.717, 1.165) is 48.6 Å². The van der Waals surface area contributed by atoms with Gasteiger partial charge < -0.3 is 19.4 Å². The number of benzene rings is 1. The normalized spacial score (nSPS) is 21.2. The molecule has 6 nitrogen and oxygen atoms in total. The van der Waals surface area contributed by atoms with Crippen LogP contribution in [0, 0.1) is 11.8 Å². The van der Waals surface area contributed by atoms with Crippen LogP contribution in [0.5, 0.6) is 11.6 Å². The minimum absolute atomic E-state index is 0. The van der Waals surface area contributed by atoms with Gasteiger partial charge in [-0.15, -0.1) is 0 Å². The van der Waals surface area contributed by atoms with Gasteiger partial charge in [0, 0.05) is 37.1 Å². The zero-order valence-electron chi connectivity index (χ0n) is 23.0. The summed E-state index contributed by atoms with van der Waals surface area (Å²) in [4.78, 5) is 17.9. The second-order valence-electron chi connectivity index (χ2n) is 11.1. The van der Waals surface area contributed by atoms with Crippen LogP contribution in [0.4, 0.5) is 13.2 Å². The van der Waals surface area contributed by atoms with Gasteiger partial charge in [0.25, 0.3) is 0 Å². The fraction of sp³-hybridized carbons (Fsp3) is 0.586. The van der Waals surface area contributed by atoms with Crippen molar-refractivity contribution in [2.24, 2.45) is 11.8 Å². The molecule has 0 bridgehead atoms. The minimum atomic E-state index is -4.50. The SMILES string of the molecule is COc1ccc(C(F)(F)F)c(C(C)N2CCC3(CCc4ccc([C@H](C5CC5)[C@H](C)C(=O)[O-])cc4O3)CC2)n1.[Na+]. The summed E-state index contributed by atoms with van der Waals surface area (Å²) in [5, 5.41) is 11.7. The molecule has 1 saturated heterocycles. The van der Waals surface area contributed by atoms with Crippen LogP contribution in [-0.2, 0) is 17.4 Å². The second-order valence-corrected chi connectivity index (χ2v) is 11.1. The third kappa shape index (κ3) is 6.26. The van der Waals surface area contributed by atoms with Crippen molar-refractivity contribution in [1.29, 1.82) is 0 Å². The summed E-state index contributed by atoms with van der Waals surface area (Å²) in [5.41, 5.74) is 0.944. The van der Waals surface area contributed by atoms with E-state index < -0.39 is 29.7 Å². The van der Waals surface area contributed by atoms with E-state index in [1.54, 1.807) is 13.8 Å². The Morgan fingerprint density at radius 3 is 2.44 bits per heavy atom. The van der Waals surface area contributed by atoms with Crippen molar-refractivity contribution >= 4 is 5.97 Å². The molecule has 3 aliphatic rings. The van der Waals surface area contributed by atoms with Crippen LogP contribution in [-0.4, -0.2) is 41.7 Å². The van der Waals surface area contributed by atoms with Gasteiger partial charge in [0.15, 0.2) is 0 Å². The molecule has 2 aromatic rings. The quantitative estimate of drug-likeness (QED) is 0.487. The first-order chi connectivity index (χ1) is 18.0. The minimum Gasteiger partial charge on any atom is -0.550 e. The number of carboxylic acids is 1. The smallest absolute Gasteiger partial charge is 0.550 e. The van der Waals surface area contributed by atoms with Crippen LogP contribution in [0.1, 0.15) is 80.3 Å². The number of methoxy groups -OCH3 is 1. The van der Waals surface area contributed by atoms with Crippen molar-refractivity contribution < 1.29 is 62.1 Å². The molecule has 0 amide bonds. The Kier molecular flexibility index (Phi) is 8.96. The topological polar surface area (TPSA) is 74.7 Å². The number of likely N-dealkylation sites (tertiary alicyclic amines) is 1. The number of halogens is 3. The molecule has 5 rings (SSSR count). The van der Waals surface area contributed by atoms with Crippen LogP contribution in [0.15, 0.2) is 30.3 Å². The summed E-state index contributed by atoms with van der Waals surface area (Å²) in [7, 11) is 1.39. The summed E-state index contributed by atoms with van der Waals surface area (Å²) in [6.07, 6.45) is 0.619. The second kappa shape index (κ2) is 11.6. The van der Waals surface area contributed by atoms with Gasteiger partial charge in [0.05, 0.1) is 18.4 Å². The molecule has 1 aromatic heterocycles. The van der Waals surface area contributed by atoms with Crippen molar-refractivity contribution in [1.82, 2.24) is 9.88 Å². The Morgan fingerprint density at radius 1 is 1.15 bits per heavy atom. The largest absolute Gasteiger partial charge is 1.00 e. The maximum Gasteiger partial charge on any atom is 1.00 e. The molecule has 1 saturated carbocycles. The maximum absolute atomic E-state index is 13.7. The third-order valence-electron chi connectivity index (χ3n) is 8.76. The van der Waals surface area contributed by atoms with Crippen LogP contribution in [0.3, 0.4) is 0 Å². The number of pyridine rings is 1. The monoisotopic (exact) mass is 554 g/mol. The van der Waals surface area contributed by atoms with Crippen LogP contribution >= 0.6 is 0 Å². The molecule has 0 N–H and O–H groups in total. The van der Waals surface area contributed by atoms with E-state index in [0.29, 0.717) is 31.8 Å². The summed E-state index contributed by atoms with van der Waals surface area (Å²) >= 11 is 0. The van der Waals surface area contributed by atoms with E-state index in [4.69, 9.17) is 9.47 Å².